The Balaban J connectivity index is 1.43. The molecule has 9 aromatic rings. The molecule has 9 heteroatoms. The highest BCUT2D eigenvalue weighted by molar-refractivity contribution is 6.29. The van der Waals surface area contributed by atoms with Crippen LogP contribution in [0, 0.1) is 0 Å². The number of rotatable bonds is 3. The van der Waals surface area contributed by atoms with Gasteiger partial charge in [0, 0.05) is 43.4 Å². The van der Waals surface area contributed by atoms with Gasteiger partial charge in [0.05, 0.1) is 0 Å². The Morgan fingerprint density at radius 1 is 0.314 bits per heavy atom. The molecule has 0 atom stereocenters. The fraction of sp³-hybridized carbons (Fsp3) is 0. The Hall–Kier alpha value is -7.26. The van der Waals surface area contributed by atoms with E-state index in [0.29, 0.717) is 16.7 Å². The van der Waals surface area contributed by atoms with E-state index >= 15 is 0 Å². The summed E-state index contributed by atoms with van der Waals surface area (Å²) in [5, 5.41) is 92.2. The molecule has 0 saturated carbocycles. The average Bonchev–Trinajstić information content (AvgIpc) is 3.52. The van der Waals surface area contributed by atoms with E-state index in [0.717, 1.165) is 32.7 Å². The first-order chi connectivity index (χ1) is 24.6. The van der Waals surface area contributed by atoms with Gasteiger partial charge in [-0.05, 0) is 57.3 Å². The molecular weight excluding hydrogens is 648 g/mol. The van der Waals surface area contributed by atoms with Crippen molar-refractivity contribution >= 4 is 54.3 Å². The molecule has 0 amide bonds. The minimum Gasteiger partial charge on any atom is -0.504 e. The average molecular weight is 675 g/mol. The van der Waals surface area contributed by atoms with Crippen LogP contribution in [0.3, 0.4) is 0 Å². The highest BCUT2D eigenvalue weighted by atomic mass is 16.4. The standard InChI is InChI=1S/C42H26O9/c43-35-31-29(21-12-10-20(11-13-21)19-6-2-1-3-7-19)32-34(38(46)42(50)40(48)36(32)44)30(33(31)37(45)41(49)39(35)47)24-14-15-25-26-16-22-8-4-5-9-23(22)17-28(26)51-27(25)18-24/h1-18,43-50H. The summed E-state index contributed by atoms with van der Waals surface area (Å²) in [6, 6.07) is 33.2. The molecule has 0 fully saturated rings. The van der Waals surface area contributed by atoms with E-state index in [9.17, 15) is 40.9 Å². The lowest BCUT2D eigenvalue weighted by Crippen LogP contribution is -1.94. The zero-order valence-corrected chi connectivity index (χ0v) is 26.4. The molecule has 0 unspecified atom stereocenters. The maximum Gasteiger partial charge on any atom is 0.204 e. The van der Waals surface area contributed by atoms with Crippen molar-refractivity contribution < 1.29 is 45.3 Å². The Morgan fingerprint density at radius 2 is 0.725 bits per heavy atom. The van der Waals surface area contributed by atoms with Crippen LogP contribution in [0.1, 0.15) is 0 Å². The van der Waals surface area contributed by atoms with Crippen LogP contribution in [0.5, 0.6) is 46.0 Å². The quantitative estimate of drug-likeness (QED) is 0.0515. The van der Waals surface area contributed by atoms with E-state index in [2.05, 4.69) is 0 Å². The summed E-state index contributed by atoms with van der Waals surface area (Å²) in [6.07, 6.45) is 0. The van der Waals surface area contributed by atoms with Crippen molar-refractivity contribution in [1.82, 2.24) is 0 Å². The van der Waals surface area contributed by atoms with Crippen molar-refractivity contribution in [2.75, 3.05) is 0 Å². The Morgan fingerprint density at radius 3 is 1.27 bits per heavy atom. The van der Waals surface area contributed by atoms with Gasteiger partial charge < -0.3 is 45.3 Å². The molecule has 8 N–H and O–H groups in total. The van der Waals surface area contributed by atoms with Gasteiger partial charge in [-0.15, -0.1) is 0 Å². The first-order valence-corrected chi connectivity index (χ1v) is 15.9. The number of benzene rings is 8. The van der Waals surface area contributed by atoms with Crippen molar-refractivity contribution in [3.05, 3.63) is 109 Å². The van der Waals surface area contributed by atoms with Gasteiger partial charge in [0.1, 0.15) is 11.2 Å². The molecule has 51 heavy (non-hydrogen) atoms. The second kappa shape index (κ2) is 10.6. The molecule has 0 aliphatic heterocycles. The topological polar surface area (TPSA) is 175 Å². The summed E-state index contributed by atoms with van der Waals surface area (Å²) in [5.74, 6) is -7.49. The third kappa shape index (κ3) is 4.15. The van der Waals surface area contributed by atoms with Crippen LogP contribution in [-0.4, -0.2) is 40.9 Å². The van der Waals surface area contributed by atoms with E-state index in [-0.39, 0.29) is 38.2 Å². The van der Waals surface area contributed by atoms with Gasteiger partial charge in [-0.1, -0.05) is 84.9 Å². The molecule has 0 saturated heterocycles. The van der Waals surface area contributed by atoms with Crippen LogP contribution in [0.25, 0.3) is 87.6 Å². The third-order valence-corrected chi connectivity index (χ3v) is 9.70. The van der Waals surface area contributed by atoms with E-state index in [1.807, 2.05) is 66.7 Å². The second-order valence-electron chi connectivity index (χ2n) is 12.5. The van der Waals surface area contributed by atoms with E-state index in [1.54, 1.807) is 42.5 Å². The van der Waals surface area contributed by atoms with Gasteiger partial charge >= 0.3 is 0 Å². The molecule has 0 radical (unpaired) electrons. The Bertz CT molecular complexity index is 2850. The maximum atomic E-state index is 11.5. The number of furan rings is 1. The molecule has 0 aliphatic rings. The molecule has 1 heterocycles. The third-order valence-electron chi connectivity index (χ3n) is 9.70. The zero-order chi connectivity index (χ0) is 35.3. The fourth-order valence-electron chi connectivity index (χ4n) is 7.27. The number of hydrogen-bond donors (Lipinski definition) is 8. The predicted octanol–water partition coefficient (Wildman–Crippen LogP) is 9.69. The summed E-state index contributed by atoms with van der Waals surface area (Å²) in [7, 11) is 0. The lowest BCUT2D eigenvalue weighted by molar-refractivity contribution is 0.350. The van der Waals surface area contributed by atoms with Gasteiger partial charge in [0.15, 0.2) is 23.0 Å². The minimum atomic E-state index is -1.03. The van der Waals surface area contributed by atoms with Crippen molar-refractivity contribution in [3.63, 3.8) is 0 Å². The Labute approximate surface area is 287 Å². The van der Waals surface area contributed by atoms with Crippen LogP contribution in [0.15, 0.2) is 114 Å². The molecule has 9 nitrogen and oxygen atoms in total. The molecule has 8 aromatic carbocycles. The van der Waals surface area contributed by atoms with Crippen LogP contribution in [0.2, 0.25) is 0 Å². The van der Waals surface area contributed by atoms with Crippen molar-refractivity contribution in [2.45, 2.75) is 0 Å². The molecular formula is C42H26O9. The van der Waals surface area contributed by atoms with E-state index in [1.165, 1.54) is 0 Å². The first kappa shape index (κ1) is 29.8. The first-order valence-electron chi connectivity index (χ1n) is 15.9. The minimum absolute atomic E-state index is 0.0222. The fourth-order valence-corrected chi connectivity index (χ4v) is 7.27. The Kier molecular flexibility index (Phi) is 6.21. The van der Waals surface area contributed by atoms with Gasteiger partial charge in [-0.3, -0.25) is 0 Å². The highest BCUT2D eigenvalue weighted by Gasteiger charge is 2.32. The smallest absolute Gasteiger partial charge is 0.204 e. The largest absolute Gasteiger partial charge is 0.504 e. The molecule has 0 bridgehead atoms. The summed E-state index contributed by atoms with van der Waals surface area (Å²) in [5.41, 5.74) is 3.29. The van der Waals surface area contributed by atoms with Crippen molar-refractivity contribution in [3.8, 4) is 79.4 Å². The number of phenolic OH excluding ortho intramolecular Hbond substituents is 8. The van der Waals surface area contributed by atoms with Gasteiger partial charge in [0.25, 0.3) is 0 Å². The normalized spacial score (nSPS) is 11.8. The molecule has 1 aromatic heterocycles. The second-order valence-corrected chi connectivity index (χ2v) is 12.5. The van der Waals surface area contributed by atoms with Crippen LogP contribution in [-0.2, 0) is 0 Å². The molecule has 0 aliphatic carbocycles. The lowest BCUT2D eigenvalue weighted by atomic mass is 9.83. The van der Waals surface area contributed by atoms with E-state index in [4.69, 9.17) is 4.42 Å². The van der Waals surface area contributed by atoms with Crippen molar-refractivity contribution in [1.29, 1.82) is 0 Å². The number of hydrogen-bond acceptors (Lipinski definition) is 9. The molecule has 9 rings (SSSR count). The summed E-state index contributed by atoms with van der Waals surface area (Å²) in [4.78, 5) is 0. The monoisotopic (exact) mass is 674 g/mol. The predicted molar refractivity (Wildman–Crippen MR) is 196 cm³/mol. The number of phenols is 8. The summed E-state index contributed by atoms with van der Waals surface area (Å²) >= 11 is 0. The number of aromatic hydroxyl groups is 8. The SMILES string of the molecule is Oc1c(O)c(O)c2c(-c3ccc4c(c3)oc3cc5ccccc5cc34)c3c(O)c(O)c(O)c(O)c3c(-c3ccc(-c4ccccc4)cc3)c2c1O. The lowest BCUT2D eigenvalue weighted by Gasteiger charge is -2.22. The summed E-state index contributed by atoms with van der Waals surface area (Å²) in [6.45, 7) is 0. The molecule has 0 spiro atoms. The van der Waals surface area contributed by atoms with Crippen LogP contribution >= 0.6 is 0 Å². The summed E-state index contributed by atoms with van der Waals surface area (Å²) < 4.78 is 6.28. The maximum absolute atomic E-state index is 11.5. The molecule has 248 valence electrons. The zero-order valence-electron chi connectivity index (χ0n) is 26.4. The van der Waals surface area contributed by atoms with Crippen molar-refractivity contribution in [2.24, 2.45) is 0 Å². The van der Waals surface area contributed by atoms with Gasteiger partial charge in [-0.25, -0.2) is 0 Å². The number of fused-ring (bicyclic) bond motifs is 6. The van der Waals surface area contributed by atoms with E-state index < -0.39 is 46.0 Å². The highest BCUT2D eigenvalue weighted by Crippen LogP contribution is 2.62. The van der Waals surface area contributed by atoms with Gasteiger partial charge in [-0.2, -0.15) is 0 Å². The van der Waals surface area contributed by atoms with Crippen LogP contribution < -0.4 is 0 Å². The van der Waals surface area contributed by atoms with Gasteiger partial charge in [0.2, 0.25) is 23.0 Å². The van der Waals surface area contributed by atoms with Crippen LogP contribution in [0.4, 0.5) is 0 Å².